The van der Waals surface area contributed by atoms with Crippen molar-refractivity contribution in [3.05, 3.63) is 29.8 Å². The fourth-order valence-corrected chi connectivity index (χ4v) is 2.61. The first kappa shape index (κ1) is 23.0. The molecule has 0 radical (unpaired) electrons. The molecule has 1 aromatic carbocycles. The topological polar surface area (TPSA) is 71.1 Å². The summed E-state index contributed by atoms with van der Waals surface area (Å²) in [6.07, 6.45) is 6.88. The van der Waals surface area contributed by atoms with Crippen LogP contribution in [0.5, 0.6) is 11.5 Å². The maximum Gasteiger partial charge on any atom is 0.330 e. The Kier molecular flexibility index (Phi) is 12.0. The first-order valence-corrected chi connectivity index (χ1v) is 10.0. The highest BCUT2D eigenvalue weighted by atomic mass is 79.9. The maximum absolute atomic E-state index is 11.5. The fraction of sp³-hybridized carbons (Fsp3) is 0.500. The molecule has 27 heavy (non-hydrogen) atoms. The highest BCUT2D eigenvalue weighted by Gasteiger charge is 2.10. The number of halogens is 1. The third kappa shape index (κ3) is 9.47. The molecule has 0 aliphatic heterocycles. The monoisotopic (exact) mass is 442 g/mol. The minimum atomic E-state index is -0.459. The van der Waals surface area contributed by atoms with Gasteiger partial charge in [0.25, 0.3) is 0 Å². The van der Waals surface area contributed by atoms with Gasteiger partial charge in [0.2, 0.25) is 0 Å². The first-order chi connectivity index (χ1) is 13.1. The van der Waals surface area contributed by atoms with Crippen molar-refractivity contribution in [2.75, 3.05) is 32.8 Å². The molecule has 0 aliphatic carbocycles. The van der Waals surface area contributed by atoms with E-state index in [1.165, 1.54) is 20.3 Å². The summed E-state index contributed by atoms with van der Waals surface area (Å²) in [6.45, 7) is 0.931. The molecule has 0 saturated heterocycles. The van der Waals surface area contributed by atoms with Crippen LogP contribution in [-0.2, 0) is 19.1 Å². The Morgan fingerprint density at radius 1 is 0.963 bits per heavy atom. The van der Waals surface area contributed by atoms with Crippen LogP contribution >= 0.6 is 15.9 Å². The van der Waals surface area contributed by atoms with E-state index >= 15 is 0 Å². The number of esters is 2. The lowest BCUT2D eigenvalue weighted by Crippen LogP contribution is -2.06. The third-order valence-corrected chi connectivity index (χ3v) is 4.22. The van der Waals surface area contributed by atoms with E-state index in [2.05, 4.69) is 25.4 Å². The van der Waals surface area contributed by atoms with Gasteiger partial charge in [-0.3, -0.25) is 4.79 Å². The molecule has 0 spiro atoms. The van der Waals surface area contributed by atoms with Crippen molar-refractivity contribution in [1.82, 2.24) is 0 Å². The Bertz CT molecular complexity index is 614. The molecule has 0 bridgehead atoms. The lowest BCUT2D eigenvalue weighted by molar-refractivity contribution is -0.140. The number of carbonyl (C=O) groups is 2. The highest BCUT2D eigenvalue weighted by Crippen LogP contribution is 2.30. The predicted octanol–water partition coefficient (Wildman–Crippen LogP) is 4.15. The van der Waals surface area contributed by atoms with Gasteiger partial charge >= 0.3 is 11.9 Å². The number of benzene rings is 1. The van der Waals surface area contributed by atoms with Crippen LogP contribution in [0.3, 0.4) is 0 Å². The van der Waals surface area contributed by atoms with Crippen molar-refractivity contribution < 1.29 is 28.5 Å². The molecule has 0 unspecified atom stereocenters. The van der Waals surface area contributed by atoms with Gasteiger partial charge in [-0.05, 0) is 43.9 Å². The van der Waals surface area contributed by atoms with Crippen molar-refractivity contribution >= 4 is 33.9 Å². The van der Waals surface area contributed by atoms with Gasteiger partial charge in [-0.1, -0.05) is 22.0 Å². The van der Waals surface area contributed by atoms with Crippen molar-refractivity contribution in [2.24, 2.45) is 0 Å². The molecule has 0 fully saturated rings. The quantitative estimate of drug-likeness (QED) is 0.198. The Morgan fingerprint density at radius 3 is 2.22 bits per heavy atom. The number of ether oxygens (including phenoxy) is 4. The van der Waals surface area contributed by atoms with Crippen LogP contribution in [0.25, 0.3) is 6.08 Å². The van der Waals surface area contributed by atoms with Gasteiger partial charge in [0.1, 0.15) is 11.5 Å². The summed E-state index contributed by atoms with van der Waals surface area (Å²) in [7, 11) is 2.68. The van der Waals surface area contributed by atoms with Gasteiger partial charge < -0.3 is 18.9 Å². The second-order valence-electron chi connectivity index (χ2n) is 5.65. The smallest absolute Gasteiger partial charge is 0.330 e. The number of carbonyl (C=O) groups excluding carboxylic acids is 2. The second-order valence-corrected chi connectivity index (χ2v) is 6.44. The van der Waals surface area contributed by atoms with E-state index in [1.807, 2.05) is 12.1 Å². The molecule has 150 valence electrons. The molecular formula is C20H27BrO6. The Hall–Kier alpha value is -2.02. The van der Waals surface area contributed by atoms with Crippen LogP contribution < -0.4 is 9.47 Å². The van der Waals surface area contributed by atoms with Crippen molar-refractivity contribution in [2.45, 2.75) is 32.1 Å². The van der Waals surface area contributed by atoms with Crippen molar-refractivity contribution in [3.8, 4) is 11.5 Å². The standard InChI is InChI=1S/C20H27BrO6/c1-24-19(22)10-7-15-27-18-9-6-8-17(26-14-5-3-4-13-21)16(18)11-12-20(23)25-2/h6,8-9,11-12H,3-5,7,10,13-15H2,1-2H3/b12-11+. The van der Waals surface area contributed by atoms with Gasteiger partial charge in [-0.15, -0.1) is 0 Å². The number of hydrogen-bond donors (Lipinski definition) is 0. The average Bonchev–Trinajstić information content (AvgIpc) is 2.69. The van der Waals surface area contributed by atoms with E-state index in [4.69, 9.17) is 9.47 Å². The molecule has 0 saturated carbocycles. The third-order valence-electron chi connectivity index (χ3n) is 3.66. The summed E-state index contributed by atoms with van der Waals surface area (Å²) in [6, 6.07) is 5.47. The number of rotatable bonds is 13. The van der Waals surface area contributed by atoms with Crippen molar-refractivity contribution in [3.63, 3.8) is 0 Å². The maximum atomic E-state index is 11.5. The summed E-state index contributed by atoms with van der Waals surface area (Å²) >= 11 is 3.41. The van der Waals surface area contributed by atoms with Crippen LogP contribution in [0, 0.1) is 0 Å². The predicted molar refractivity (Wildman–Crippen MR) is 107 cm³/mol. The zero-order chi connectivity index (χ0) is 19.9. The molecular weight excluding hydrogens is 416 g/mol. The average molecular weight is 443 g/mol. The minimum Gasteiger partial charge on any atom is -0.493 e. The Balaban J connectivity index is 2.80. The summed E-state index contributed by atoms with van der Waals surface area (Å²) in [5.74, 6) is 0.487. The zero-order valence-corrected chi connectivity index (χ0v) is 17.5. The largest absolute Gasteiger partial charge is 0.493 e. The molecule has 6 nitrogen and oxygen atoms in total. The highest BCUT2D eigenvalue weighted by molar-refractivity contribution is 9.09. The molecule has 0 heterocycles. The summed E-state index contributed by atoms with van der Waals surface area (Å²) < 4.78 is 20.9. The molecule has 0 aliphatic rings. The van der Waals surface area contributed by atoms with Crippen LogP contribution in [0.2, 0.25) is 0 Å². The zero-order valence-electron chi connectivity index (χ0n) is 15.9. The van der Waals surface area contributed by atoms with E-state index < -0.39 is 5.97 Å². The van der Waals surface area contributed by atoms with Crippen LogP contribution in [0.4, 0.5) is 0 Å². The van der Waals surface area contributed by atoms with Crippen LogP contribution in [0.1, 0.15) is 37.7 Å². The van der Waals surface area contributed by atoms with E-state index in [-0.39, 0.29) is 12.4 Å². The molecule has 0 N–H and O–H groups in total. The normalized spacial score (nSPS) is 10.6. The number of methoxy groups -OCH3 is 2. The Labute approximate surface area is 168 Å². The van der Waals surface area contributed by atoms with Crippen LogP contribution in [0.15, 0.2) is 24.3 Å². The fourth-order valence-electron chi connectivity index (χ4n) is 2.22. The van der Waals surface area contributed by atoms with Crippen molar-refractivity contribution in [1.29, 1.82) is 0 Å². The van der Waals surface area contributed by atoms with Gasteiger partial charge in [0.15, 0.2) is 0 Å². The number of alkyl halides is 1. The SMILES string of the molecule is COC(=O)/C=C/c1c(OCCCCCBr)cccc1OCCCC(=O)OC. The van der Waals surface area contributed by atoms with Gasteiger partial charge in [-0.2, -0.15) is 0 Å². The lowest BCUT2D eigenvalue weighted by Gasteiger charge is -2.14. The summed E-state index contributed by atoms with van der Waals surface area (Å²) in [4.78, 5) is 22.6. The molecule has 1 aromatic rings. The van der Waals surface area contributed by atoms with E-state index in [9.17, 15) is 9.59 Å². The summed E-state index contributed by atoms with van der Waals surface area (Å²) in [5.41, 5.74) is 0.668. The van der Waals surface area contributed by atoms with Gasteiger partial charge in [0, 0.05) is 17.8 Å². The molecule has 7 heteroatoms. The van der Waals surface area contributed by atoms with E-state index in [0.717, 1.165) is 24.6 Å². The molecule has 1 rings (SSSR count). The first-order valence-electron chi connectivity index (χ1n) is 8.89. The number of unbranched alkanes of at least 4 members (excludes halogenated alkanes) is 2. The molecule has 0 amide bonds. The van der Waals surface area contributed by atoms with Crippen LogP contribution in [-0.4, -0.2) is 44.7 Å². The Morgan fingerprint density at radius 2 is 1.63 bits per heavy atom. The minimum absolute atomic E-state index is 0.273. The molecule has 0 aromatic heterocycles. The summed E-state index contributed by atoms with van der Waals surface area (Å²) in [5, 5.41) is 0.981. The van der Waals surface area contributed by atoms with E-state index in [1.54, 1.807) is 12.1 Å². The molecule has 0 atom stereocenters. The lowest BCUT2D eigenvalue weighted by atomic mass is 10.1. The van der Waals surface area contributed by atoms with Gasteiger partial charge in [-0.25, -0.2) is 4.79 Å². The van der Waals surface area contributed by atoms with Gasteiger partial charge in [0.05, 0.1) is 33.0 Å². The second kappa shape index (κ2) is 14.1. The number of hydrogen-bond acceptors (Lipinski definition) is 6. The van der Waals surface area contributed by atoms with E-state index in [0.29, 0.717) is 36.7 Å².